The molecule has 0 unspecified atom stereocenters. The van der Waals surface area contributed by atoms with E-state index in [0.717, 1.165) is 6.07 Å². The second-order valence-corrected chi connectivity index (χ2v) is 6.68. The molecule has 0 fully saturated rings. The van der Waals surface area contributed by atoms with E-state index in [9.17, 15) is 35.9 Å². The minimum absolute atomic E-state index is 0.0210. The van der Waals surface area contributed by atoms with Gasteiger partial charge in [-0.3, -0.25) is 9.59 Å². The van der Waals surface area contributed by atoms with Crippen molar-refractivity contribution < 1.29 is 35.9 Å². The average molecular weight is 477 g/mol. The largest absolute Gasteiger partial charge is 0.434 e. The van der Waals surface area contributed by atoms with Gasteiger partial charge < -0.3 is 10.6 Å². The van der Waals surface area contributed by atoms with Crippen molar-refractivity contribution in [3.8, 4) is 5.69 Å². The van der Waals surface area contributed by atoms with Gasteiger partial charge in [0.1, 0.15) is 0 Å². The molecule has 0 aliphatic heterocycles. The highest BCUT2D eigenvalue weighted by Gasteiger charge is 2.40. The zero-order chi connectivity index (χ0) is 23.6. The van der Waals surface area contributed by atoms with Gasteiger partial charge in [0.25, 0.3) is 5.91 Å². The van der Waals surface area contributed by atoms with E-state index in [0.29, 0.717) is 16.9 Å². The lowest BCUT2D eigenvalue weighted by atomic mass is 10.2. The Morgan fingerprint density at radius 3 is 2.28 bits per heavy atom. The van der Waals surface area contributed by atoms with Crippen LogP contribution in [0.3, 0.4) is 0 Å². The molecule has 1 heterocycles. The second kappa shape index (κ2) is 8.91. The molecule has 0 radical (unpaired) electrons. The van der Waals surface area contributed by atoms with E-state index in [2.05, 4.69) is 5.10 Å². The van der Waals surface area contributed by atoms with Crippen molar-refractivity contribution in [3.05, 3.63) is 76.3 Å². The van der Waals surface area contributed by atoms with Crippen LogP contribution in [0.5, 0.6) is 0 Å². The molecule has 0 bridgehead atoms. The van der Waals surface area contributed by atoms with Gasteiger partial charge >= 0.3 is 6.18 Å². The van der Waals surface area contributed by atoms with Gasteiger partial charge in [0, 0.05) is 5.02 Å². The number of hydrogen-bond acceptors (Lipinski definition) is 3. The molecule has 1 aromatic heterocycles. The quantitative estimate of drug-likeness (QED) is 0.425. The summed E-state index contributed by atoms with van der Waals surface area (Å²) < 4.78 is 81.1. The minimum Gasteiger partial charge on any atom is -0.343 e. The normalized spacial score (nSPS) is 11.3. The number of amides is 2. The lowest BCUT2D eigenvalue weighted by Crippen LogP contribution is -2.34. The highest BCUT2D eigenvalue weighted by molar-refractivity contribution is 6.30. The molecule has 6 nitrogen and oxygen atoms in total. The Bertz CT molecular complexity index is 1180. The van der Waals surface area contributed by atoms with Gasteiger partial charge in [-0.1, -0.05) is 11.6 Å². The highest BCUT2D eigenvalue weighted by Crippen LogP contribution is 2.33. The predicted octanol–water partition coefficient (Wildman–Crippen LogP) is 4.33. The van der Waals surface area contributed by atoms with Gasteiger partial charge in [-0.25, -0.2) is 17.9 Å². The third kappa shape index (κ3) is 4.85. The molecule has 3 rings (SSSR count). The summed E-state index contributed by atoms with van der Waals surface area (Å²) in [5.41, 5.74) is -3.01. The van der Waals surface area contributed by atoms with Gasteiger partial charge in [-0.15, -0.1) is 0 Å². The lowest BCUT2D eigenvalue weighted by molar-refractivity contribution is -0.143. The van der Waals surface area contributed by atoms with Gasteiger partial charge in [0.05, 0.1) is 29.7 Å². The summed E-state index contributed by atoms with van der Waals surface area (Å²) in [7, 11) is 0. The van der Waals surface area contributed by atoms with E-state index in [1.165, 1.54) is 24.3 Å². The molecule has 2 aromatic carbocycles. The number of carbonyl (C=O) groups is 2. The molecule has 0 aliphatic carbocycles. The first-order chi connectivity index (χ1) is 15.0. The minimum atomic E-state index is -4.99. The number of nitrogens with one attached hydrogen (secondary N) is 2. The highest BCUT2D eigenvalue weighted by atomic mass is 35.5. The maximum atomic E-state index is 13.6. The number of rotatable bonds is 5. The zero-order valence-corrected chi connectivity index (χ0v) is 16.4. The van der Waals surface area contributed by atoms with E-state index in [1.807, 2.05) is 10.6 Å². The monoisotopic (exact) mass is 476 g/mol. The molecule has 13 heteroatoms. The Morgan fingerprint density at radius 2 is 1.66 bits per heavy atom. The van der Waals surface area contributed by atoms with E-state index in [4.69, 9.17) is 11.6 Å². The van der Waals surface area contributed by atoms with Crippen LogP contribution >= 0.6 is 11.6 Å². The lowest BCUT2D eigenvalue weighted by Gasteiger charge is -2.13. The average Bonchev–Trinajstić information content (AvgIpc) is 3.19. The van der Waals surface area contributed by atoms with Crippen LogP contribution in [0.1, 0.15) is 16.1 Å². The van der Waals surface area contributed by atoms with Crippen molar-refractivity contribution in [1.29, 1.82) is 0 Å². The zero-order valence-electron chi connectivity index (χ0n) is 15.6. The predicted molar refractivity (Wildman–Crippen MR) is 101 cm³/mol. The second-order valence-electron chi connectivity index (χ2n) is 6.25. The van der Waals surface area contributed by atoms with Crippen LogP contribution in [0, 0.1) is 17.5 Å². The fourth-order valence-corrected chi connectivity index (χ4v) is 2.76. The smallest absolute Gasteiger partial charge is 0.343 e. The first-order valence-corrected chi connectivity index (χ1v) is 8.99. The summed E-state index contributed by atoms with van der Waals surface area (Å²) in [6, 6.07) is 6.49. The first kappa shape index (κ1) is 23.1. The van der Waals surface area contributed by atoms with Crippen molar-refractivity contribution in [3.63, 3.8) is 0 Å². The van der Waals surface area contributed by atoms with E-state index < -0.39 is 58.9 Å². The molecule has 168 valence electrons. The van der Waals surface area contributed by atoms with Gasteiger partial charge in [-0.05, 0) is 36.4 Å². The Kier molecular flexibility index (Phi) is 6.44. The molecule has 0 saturated carbocycles. The molecule has 2 N–H and O–H groups in total. The number of benzene rings is 2. The summed E-state index contributed by atoms with van der Waals surface area (Å²) >= 11 is 5.72. The molecular weight excluding hydrogens is 466 g/mol. The molecule has 2 amide bonds. The van der Waals surface area contributed by atoms with Crippen LogP contribution in [0.4, 0.5) is 32.0 Å². The fourth-order valence-electron chi connectivity index (χ4n) is 2.64. The van der Waals surface area contributed by atoms with Crippen molar-refractivity contribution >= 4 is 29.1 Å². The summed E-state index contributed by atoms with van der Waals surface area (Å²) in [5, 5.41) is 7.68. The van der Waals surface area contributed by atoms with Gasteiger partial charge in [0.2, 0.25) is 5.91 Å². The van der Waals surface area contributed by atoms with Crippen molar-refractivity contribution in [2.24, 2.45) is 0 Å². The third-order valence-electron chi connectivity index (χ3n) is 4.07. The molecule has 0 atom stereocenters. The van der Waals surface area contributed by atoms with E-state index in [1.54, 1.807) is 0 Å². The van der Waals surface area contributed by atoms with Crippen molar-refractivity contribution in [2.45, 2.75) is 6.18 Å². The van der Waals surface area contributed by atoms with Gasteiger partial charge in [0.15, 0.2) is 23.1 Å². The topological polar surface area (TPSA) is 76.0 Å². The van der Waals surface area contributed by atoms with E-state index in [-0.39, 0.29) is 10.7 Å². The Morgan fingerprint density at radius 1 is 1.00 bits per heavy atom. The summed E-state index contributed by atoms with van der Waals surface area (Å²) in [4.78, 5) is 24.2. The number of hydrogen-bond donors (Lipinski definition) is 2. The van der Waals surface area contributed by atoms with Crippen LogP contribution in [-0.2, 0) is 11.0 Å². The van der Waals surface area contributed by atoms with Crippen LogP contribution < -0.4 is 10.6 Å². The number of nitrogens with zero attached hydrogens (tertiary/aromatic N) is 2. The van der Waals surface area contributed by atoms with Crippen LogP contribution in [0.25, 0.3) is 5.69 Å². The number of carbonyl (C=O) groups excluding carboxylic acids is 2. The number of halogens is 7. The van der Waals surface area contributed by atoms with Crippen LogP contribution in [-0.4, -0.2) is 28.1 Å². The summed E-state index contributed by atoms with van der Waals surface area (Å²) in [6.07, 6.45) is -4.32. The number of anilines is 1. The Hall–Kier alpha value is -3.54. The van der Waals surface area contributed by atoms with E-state index >= 15 is 0 Å². The molecular formula is C19H11ClF6N4O2. The summed E-state index contributed by atoms with van der Waals surface area (Å²) in [6.45, 7) is -0.888. The van der Waals surface area contributed by atoms with Crippen LogP contribution in [0.2, 0.25) is 5.02 Å². The van der Waals surface area contributed by atoms with Crippen molar-refractivity contribution in [1.82, 2.24) is 15.1 Å². The van der Waals surface area contributed by atoms with Crippen molar-refractivity contribution in [2.75, 3.05) is 11.9 Å². The first-order valence-electron chi connectivity index (χ1n) is 8.61. The van der Waals surface area contributed by atoms with Crippen LogP contribution in [0.15, 0.2) is 42.6 Å². The van der Waals surface area contributed by atoms with Gasteiger partial charge in [-0.2, -0.15) is 18.3 Å². The molecule has 0 aliphatic rings. The Balaban J connectivity index is 1.77. The standard InChI is InChI=1S/C19H11ClF6N4O2/c20-9-1-3-10(4-2-9)30-17(19(24,25)26)11(7-28-30)18(32)27-8-14(31)29-13-6-5-12(21)15(22)16(13)23/h1-7H,8H2,(H,27,32)(H,29,31). The summed E-state index contributed by atoms with van der Waals surface area (Å²) in [5.74, 6) is -7.36. The fraction of sp³-hybridized carbons (Fsp3) is 0.105. The SMILES string of the molecule is O=C(CNC(=O)c1cnn(-c2ccc(Cl)cc2)c1C(F)(F)F)Nc1ccc(F)c(F)c1F. The number of alkyl halides is 3. The maximum Gasteiger partial charge on any atom is 0.434 e. The number of aromatic nitrogens is 2. The molecule has 0 spiro atoms. The Labute approximate surface area is 180 Å². The molecule has 0 saturated heterocycles. The maximum absolute atomic E-state index is 13.6. The molecule has 3 aromatic rings. The molecule has 32 heavy (non-hydrogen) atoms. The third-order valence-corrected chi connectivity index (χ3v) is 4.32.